The van der Waals surface area contributed by atoms with Crippen LogP contribution in [0.3, 0.4) is 0 Å². The van der Waals surface area contributed by atoms with Crippen LogP contribution in [0.2, 0.25) is 5.15 Å². The molecule has 0 amide bonds. The minimum Gasteiger partial charge on any atom is -0.320 e. The van der Waals surface area contributed by atoms with Gasteiger partial charge in [0.25, 0.3) is 10.0 Å². The summed E-state index contributed by atoms with van der Waals surface area (Å²) < 4.78 is 28.0. The van der Waals surface area contributed by atoms with Crippen LogP contribution in [0.1, 0.15) is 6.42 Å². The van der Waals surface area contributed by atoms with Gasteiger partial charge < -0.3 is 5.32 Å². The van der Waals surface area contributed by atoms with Gasteiger partial charge in [0, 0.05) is 19.8 Å². The molecular formula is C12H17ClN4O2S. The fourth-order valence-electron chi connectivity index (χ4n) is 1.92. The molecule has 0 bridgehead atoms. The highest BCUT2D eigenvalue weighted by Crippen LogP contribution is 2.25. The first-order valence-corrected chi connectivity index (χ1v) is 8.04. The fraction of sp³-hybridized carbons (Fsp3) is 0.417. The average Bonchev–Trinajstić information content (AvgIpc) is 2.75. The van der Waals surface area contributed by atoms with E-state index in [0.717, 1.165) is 13.0 Å². The third-order valence-electron chi connectivity index (χ3n) is 3.00. The number of imidazole rings is 1. The van der Waals surface area contributed by atoms with Crippen LogP contribution in [0.4, 0.5) is 0 Å². The van der Waals surface area contributed by atoms with Gasteiger partial charge in [0.1, 0.15) is 5.65 Å². The number of halogens is 1. The number of pyridine rings is 1. The van der Waals surface area contributed by atoms with Crippen LogP contribution in [0, 0.1) is 0 Å². The van der Waals surface area contributed by atoms with Gasteiger partial charge in [-0.15, -0.1) is 0 Å². The summed E-state index contributed by atoms with van der Waals surface area (Å²) in [6, 6.07) is 5.24. The largest absolute Gasteiger partial charge is 0.320 e. The predicted octanol–water partition coefficient (Wildman–Crippen LogP) is 1.22. The van der Waals surface area contributed by atoms with Gasteiger partial charge >= 0.3 is 0 Å². The van der Waals surface area contributed by atoms with E-state index in [9.17, 15) is 8.42 Å². The van der Waals surface area contributed by atoms with E-state index >= 15 is 0 Å². The van der Waals surface area contributed by atoms with Crippen molar-refractivity contribution in [2.45, 2.75) is 11.4 Å². The number of nitrogens with one attached hydrogen (secondary N) is 1. The molecule has 2 rings (SSSR count). The van der Waals surface area contributed by atoms with Gasteiger partial charge in [-0.1, -0.05) is 17.7 Å². The third-order valence-corrected chi connectivity index (χ3v) is 5.26. The Morgan fingerprint density at radius 2 is 2.20 bits per heavy atom. The van der Waals surface area contributed by atoms with E-state index in [0.29, 0.717) is 12.2 Å². The van der Waals surface area contributed by atoms with Gasteiger partial charge in [-0.3, -0.25) is 4.40 Å². The van der Waals surface area contributed by atoms with Crippen molar-refractivity contribution in [1.82, 2.24) is 19.0 Å². The molecule has 2 aromatic heterocycles. The van der Waals surface area contributed by atoms with Gasteiger partial charge in [-0.2, -0.15) is 4.31 Å². The zero-order valence-electron chi connectivity index (χ0n) is 11.4. The van der Waals surface area contributed by atoms with Gasteiger partial charge in [-0.05, 0) is 32.1 Å². The third kappa shape index (κ3) is 2.80. The average molecular weight is 317 g/mol. The van der Waals surface area contributed by atoms with Crippen molar-refractivity contribution >= 4 is 27.3 Å². The zero-order valence-corrected chi connectivity index (χ0v) is 12.9. The first-order chi connectivity index (χ1) is 9.48. The van der Waals surface area contributed by atoms with E-state index < -0.39 is 10.0 Å². The number of hydrogen-bond donors (Lipinski definition) is 1. The highest BCUT2D eigenvalue weighted by atomic mass is 35.5. The van der Waals surface area contributed by atoms with E-state index in [1.807, 2.05) is 7.05 Å². The van der Waals surface area contributed by atoms with Crippen LogP contribution >= 0.6 is 11.6 Å². The number of nitrogens with zero attached hydrogens (tertiary/aromatic N) is 3. The Kier molecular flexibility index (Phi) is 4.64. The molecule has 0 fully saturated rings. The van der Waals surface area contributed by atoms with Crippen LogP contribution in [0.5, 0.6) is 0 Å². The molecule has 0 radical (unpaired) electrons. The Balaban J connectivity index is 2.39. The second kappa shape index (κ2) is 6.09. The second-order valence-corrected chi connectivity index (χ2v) is 6.74. The van der Waals surface area contributed by atoms with Crippen LogP contribution in [-0.2, 0) is 10.0 Å². The van der Waals surface area contributed by atoms with Crippen LogP contribution in [0.25, 0.3) is 5.65 Å². The van der Waals surface area contributed by atoms with Crippen molar-refractivity contribution in [3.63, 3.8) is 0 Å². The van der Waals surface area contributed by atoms with Crippen molar-refractivity contribution in [2.75, 3.05) is 27.2 Å². The van der Waals surface area contributed by atoms with Gasteiger partial charge in [-0.25, -0.2) is 13.4 Å². The fourth-order valence-corrected chi connectivity index (χ4v) is 3.72. The van der Waals surface area contributed by atoms with Crippen molar-refractivity contribution in [1.29, 1.82) is 0 Å². The van der Waals surface area contributed by atoms with Crippen molar-refractivity contribution in [3.8, 4) is 0 Å². The second-order valence-electron chi connectivity index (χ2n) is 4.42. The molecular weight excluding hydrogens is 300 g/mol. The first-order valence-electron chi connectivity index (χ1n) is 6.22. The zero-order chi connectivity index (χ0) is 14.8. The molecule has 6 nitrogen and oxygen atoms in total. The SMILES string of the molecule is CNCCCN(C)S(=O)(=O)c1c(Cl)nc2ccccn12. The molecule has 0 saturated heterocycles. The summed E-state index contributed by atoms with van der Waals surface area (Å²) in [5.74, 6) is 0. The highest BCUT2D eigenvalue weighted by molar-refractivity contribution is 7.89. The molecule has 110 valence electrons. The summed E-state index contributed by atoms with van der Waals surface area (Å²) in [6.45, 7) is 1.17. The first kappa shape index (κ1) is 15.2. The Morgan fingerprint density at radius 1 is 1.45 bits per heavy atom. The molecule has 2 aromatic rings. The lowest BCUT2D eigenvalue weighted by Gasteiger charge is -2.16. The maximum atomic E-state index is 12.6. The summed E-state index contributed by atoms with van der Waals surface area (Å²) >= 11 is 6.01. The molecule has 0 atom stereocenters. The van der Waals surface area contributed by atoms with Crippen LogP contribution < -0.4 is 5.32 Å². The molecule has 0 aromatic carbocycles. The van der Waals surface area contributed by atoms with Crippen molar-refractivity contribution in [2.24, 2.45) is 0 Å². The summed E-state index contributed by atoms with van der Waals surface area (Å²) in [6.07, 6.45) is 2.36. The van der Waals surface area contributed by atoms with Crippen molar-refractivity contribution < 1.29 is 8.42 Å². The standard InChI is InChI=1S/C12H17ClN4O2S/c1-14-7-5-8-16(2)20(18,19)12-11(13)15-10-6-3-4-9-17(10)12/h3-4,6,9,14H,5,7-8H2,1-2H3. The Labute approximate surface area is 123 Å². The maximum Gasteiger partial charge on any atom is 0.262 e. The monoisotopic (exact) mass is 316 g/mol. The maximum absolute atomic E-state index is 12.6. The van der Waals surface area contributed by atoms with Crippen LogP contribution in [-0.4, -0.2) is 49.3 Å². The quantitative estimate of drug-likeness (QED) is 0.814. The minimum absolute atomic E-state index is 0.00309. The van der Waals surface area contributed by atoms with Crippen LogP contribution in [0.15, 0.2) is 29.4 Å². The van der Waals surface area contributed by atoms with Gasteiger partial charge in [0.2, 0.25) is 0 Å². The minimum atomic E-state index is -3.66. The molecule has 1 N–H and O–H groups in total. The molecule has 8 heteroatoms. The molecule has 0 aliphatic carbocycles. The number of aromatic nitrogens is 2. The van der Waals surface area contributed by atoms with E-state index in [2.05, 4.69) is 10.3 Å². The highest BCUT2D eigenvalue weighted by Gasteiger charge is 2.28. The Morgan fingerprint density at radius 3 is 2.90 bits per heavy atom. The smallest absolute Gasteiger partial charge is 0.262 e. The lowest BCUT2D eigenvalue weighted by molar-refractivity contribution is 0.455. The van der Waals surface area contributed by atoms with Crippen molar-refractivity contribution in [3.05, 3.63) is 29.5 Å². The normalized spacial score (nSPS) is 12.4. The van der Waals surface area contributed by atoms with E-state index in [1.54, 1.807) is 31.4 Å². The van der Waals surface area contributed by atoms with Gasteiger partial charge in [0.05, 0.1) is 0 Å². The van der Waals surface area contributed by atoms with E-state index in [4.69, 9.17) is 11.6 Å². The summed E-state index contributed by atoms with van der Waals surface area (Å²) in [4.78, 5) is 4.07. The summed E-state index contributed by atoms with van der Waals surface area (Å²) in [5.41, 5.74) is 0.514. The Bertz CT molecular complexity index is 699. The van der Waals surface area contributed by atoms with Gasteiger partial charge in [0.15, 0.2) is 10.2 Å². The summed E-state index contributed by atoms with van der Waals surface area (Å²) in [5, 5.41) is 3.00. The number of rotatable bonds is 6. The lowest BCUT2D eigenvalue weighted by Crippen LogP contribution is -2.30. The molecule has 0 aliphatic heterocycles. The molecule has 20 heavy (non-hydrogen) atoms. The molecule has 0 saturated carbocycles. The van der Waals surface area contributed by atoms with E-state index in [-0.39, 0.29) is 10.2 Å². The number of sulfonamides is 1. The Hall–Kier alpha value is -1.15. The lowest BCUT2D eigenvalue weighted by atomic mass is 10.4. The molecule has 0 unspecified atom stereocenters. The molecule has 0 spiro atoms. The number of fused-ring (bicyclic) bond motifs is 1. The predicted molar refractivity (Wildman–Crippen MR) is 78.6 cm³/mol. The summed E-state index contributed by atoms with van der Waals surface area (Å²) in [7, 11) is -0.285. The molecule has 0 aliphatic rings. The van der Waals surface area contributed by atoms with E-state index in [1.165, 1.54) is 8.71 Å². The topological polar surface area (TPSA) is 66.7 Å². The molecule has 2 heterocycles. The number of hydrogen-bond acceptors (Lipinski definition) is 4.